The van der Waals surface area contributed by atoms with Crippen LogP contribution in [0, 0.1) is 0 Å². The Hall–Kier alpha value is -2.25. The van der Waals surface area contributed by atoms with Crippen LogP contribution in [-0.2, 0) is 22.1 Å². The summed E-state index contributed by atoms with van der Waals surface area (Å²) in [4.78, 5) is 15.2. The fourth-order valence-corrected chi connectivity index (χ4v) is 1.56. The van der Waals surface area contributed by atoms with Crippen LogP contribution >= 0.6 is 0 Å². The number of rotatable bonds is 3. The van der Waals surface area contributed by atoms with Crippen LogP contribution in [0.1, 0.15) is 18.3 Å². The first-order valence-electron chi connectivity index (χ1n) is 5.76. The second-order valence-corrected chi connectivity index (χ2v) is 3.91. The molecular weight excluding hydrogens is 275 g/mol. The van der Waals surface area contributed by atoms with Crippen LogP contribution in [0.4, 0.5) is 13.2 Å². The highest BCUT2D eigenvalue weighted by atomic mass is 19.4. The fourth-order valence-electron chi connectivity index (χ4n) is 1.56. The monoisotopic (exact) mass is 285 g/mol. The number of halogens is 3. The van der Waals surface area contributed by atoms with Crippen molar-refractivity contribution in [3.8, 4) is 0 Å². The molecule has 8 heteroatoms. The van der Waals surface area contributed by atoms with E-state index in [0.717, 1.165) is 12.1 Å². The normalized spacial score (nSPS) is 11.6. The average Bonchev–Trinajstić information content (AvgIpc) is 2.37. The quantitative estimate of drug-likeness (QED) is 0.808. The van der Waals surface area contributed by atoms with E-state index in [0.29, 0.717) is 0 Å². The van der Waals surface area contributed by atoms with Crippen LogP contribution in [0.25, 0.3) is 11.0 Å². The summed E-state index contributed by atoms with van der Waals surface area (Å²) in [6.07, 6.45) is -4.69. The van der Waals surface area contributed by atoms with Crippen LogP contribution in [-0.4, -0.2) is 27.8 Å². The number of nitrogens with zero attached hydrogens (tertiary/aromatic N) is 3. The molecule has 0 atom stereocenters. The van der Waals surface area contributed by atoms with Crippen LogP contribution in [0.3, 0.4) is 0 Å². The first-order chi connectivity index (χ1) is 9.40. The molecule has 20 heavy (non-hydrogen) atoms. The van der Waals surface area contributed by atoms with Gasteiger partial charge in [-0.2, -0.15) is 13.2 Å². The lowest BCUT2D eigenvalue weighted by Gasteiger charge is -2.07. The van der Waals surface area contributed by atoms with Crippen molar-refractivity contribution in [2.24, 2.45) is 0 Å². The van der Waals surface area contributed by atoms with Gasteiger partial charge < -0.3 is 4.74 Å². The van der Waals surface area contributed by atoms with Crippen LogP contribution in [0.15, 0.2) is 18.2 Å². The molecule has 1 aromatic carbocycles. The van der Waals surface area contributed by atoms with Crippen molar-refractivity contribution in [1.82, 2.24) is 15.2 Å². The van der Waals surface area contributed by atoms with E-state index in [-0.39, 0.29) is 29.9 Å². The second-order valence-electron chi connectivity index (χ2n) is 3.91. The number of alkyl halides is 3. The van der Waals surface area contributed by atoms with Crippen LogP contribution < -0.4 is 0 Å². The molecule has 0 aliphatic rings. The first kappa shape index (κ1) is 14.2. The van der Waals surface area contributed by atoms with Gasteiger partial charge in [-0.15, -0.1) is 10.2 Å². The third kappa shape index (κ3) is 3.19. The topological polar surface area (TPSA) is 65.0 Å². The molecule has 0 radical (unpaired) electrons. The molecule has 0 amide bonds. The average molecular weight is 285 g/mol. The predicted molar refractivity (Wildman–Crippen MR) is 62.7 cm³/mol. The SMILES string of the molecule is CCOC(=O)Cc1nnc2ccc(C(F)(F)F)cc2n1. The zero-order valence-corrected chi connectivity index (χ0v) is 10.4. The van der Waals surface area contributed by atoms with Gasteiger partial charge in [0, 0.05) is 0 Å². The van der Waals surface area contributed by atoms with Gasteiger partial charge in [0.2, 0.25) is 0 Å². The molecule has 0 aliphatic carbocycles. The summed E-state index contributed by atoms with van der Waals surface area (Å²) in [5.74, 6) is -0.532. The summed E-state index contributed by atoms with van der Waals surface area (Å²) in [6.45, 7) is 1.85. The zero-order valence-electron chi connectivity index (χ0n) is 10.4. The molecule has 5 nitrogen and oxygen atoms in total. The van der Waals surface area contributed by atoms with E-state index in [1.54, 1.807) is 6.92 Å². The van der Waals surface area contributed by atoms with Gasteiger partial charge in [-0.05, 0) is 25.1 Å². The Morgan fingerprint density at radius 3 is 2.65 bits per heavy atom. The zero-order chi connectivity index (χ0) is 14.8. The third-order valence-corrected chi connectivity index (χ3v) is 2.43. The molecule has 0 bridgehead atoms. The standard InChI is InChI=1S/C12H10F3N3O2/c1-2-20-11(19)6-10-16-9-5-7(12(13,14)15)3-4-8(9)17-18-10/h3-5H,2,6H2,1H3. The molecule has 0 saturated heterocycles. The van der Waals surface area contributed by atoms with Gasteiger partial charge in [0.15, 0.2) is 5.82 Å². The Morgan fingerprint density at radius 2 is 2.00 bits per heavy atom. The largest absolute Gasteiger partial charge is 0.466 e. The Balaban J connectivity index is 2.34. The van der Waals surface area contributed by atoms with Crippen LogP contribution in [0.5, 0.6) is 0 Å². The summed E-state index contributed by atoms with van der Waals surface area (Å²) in [7, 11) is 0. The molecule has 1 heterocycles. The number of esters is 1. The summed E-state index contributed by atoms with van der Waals surface area (Å²) in [5.41, 5.74) is -0.563. The molecule has 2 aromatic rings. The van der Waals surface area contributed by atoms with Crippen molar-refractivity contribution in [1.29, 1.82) is 0 Å². The van der Waals surface area contributed by atoms with E-state index >= 15 is 0 Å². The maximum Gasteiger partial charge on any atom is 0.416 e. The lowest BCUT2D eigenvalue weighted by molar-refractivity contribution is -0.142. The van der Waals surface area contributed by atoms with Crippen molar-refractivity contribution in [2.75, 3.05) is 6.61 Å². The van der Waals surface area contributed by atoms with Gasteiger partial charge >= 0.3 is 12.1 Å². The molecule has 1 aromatic heterocycles. The van der Waals surface area contributed by atoms with E-state index in [9.17, 15) is 18.0 Å². The highest BCUT2D eigenvalue weighted by molar-refractivity contribution is 5.76. The summed E-state index contributed by atoms with van der Waals surface area (Å²) < 4.78 is 42.5. The third-order valence-electron chi connectivity index (χ3n) is 2.43. The van der Waals surface area contributed by atoms with Gasteiger partial charge in [0.05, 0.1) is 17.7 Å². The Kier molecular flexibility index (Phi) is 3.82. The van der Waals surface area contributed by atoms with Gasteiger partial charge in [0.1, 0.15) is 11.9 Å². The molecule has 2 rings (SSSR count). The number of benzene rings is 1. The smallest absolute Gasteiger partial charge is 0.416 e. The van der Waals surface area contributed by atoms with Gasteiger partial charge in [0.25, 0.3) is 0 Å². The summed E-state index contributed by atoms with van der Waals surface area (Å²) in [6, 6.07) is 2.97. The van der Waals surface area contributed by atoms with E-state index in [2.05, 4.69) is 15.2 Å². The van der Waals surface area contributed by atoms with Crippen molar-refractivity contribution < 1.29 is 22.7 Å². The van der Waals surface area contributed by atoms with E-state index in [1.807, 2.05) is 0 Å². The highest BCUT2D eigenvalue weighted by Gasteiger charge is 2.30. The number of ether oxygens (including phenoxy) is 1. The minimum Gasteiger partial charge on any atom is -0.466 e. The predicted octanol–water partition coefficient (Wildman–Crippen LogP) is 2.15. The van der Waals surface area contributed by atoms with Crippen molar-refractivity contribution in [2.45, 2.75) is 19.5 Å². The second kappa shape index (κ2) is 5.40. The molecule has 106 valence electrons. The molecule has 0 spiro atoms. The minimum atomic E-state index is -4.46. The molecule has 0 saturated carbocycles. The Morgan fingerprint density at radius 1 is 1.25 bits per heavy atom. The number of aromatic nitrogens is 3. The first-order valence-corrected chi connectivity index (χ1v) is 5.76. The van der Waals surface area contributed by atoms with E-state index in [4.69, 9.17) is 4.74 Å². The van der Waals surface area contributed by atoms with E-state index in [1.165, 1.54) is 6.07 Å². The molecule has 0 unspecified atom stereocenters. The molecule has 0 aliphatic heterocycles. The Bertz CT molecular complexity index is 643. The number of carbonyl (C=O) groups is 1. The summed E-state index contributed by atoms with van der Waals surface area (Å²) >= 11 is 0. The Labute approximate surface area is 111 Å². The van der Waals surface area contributed by atoms with Crippen molar-refractivity contribution in [3.63, 3.8) is 0 Å². The molecular formula is C12H10F3N3O2. The number of fused-ring (bicyclic) bond motifs is 1. The maximum absolute atomic E-state index is 12.6. The number of hydrogen-bond acceptors (Lipinski definition) is 5. The van der Waals surface area contributed by atoms with E-state index < -0.39 is 17.7 Å². The minimum absolute atomic E-state index is 0.0234. The van der Waals surface area contributed by atoms with Crippen molar-refractivity contribution in [3.05, 3.63) is 29.6 Å². The number of hydrogen-bond donors (Lipinski definition) is 0. The van der Waals surface area contributed by atoms with Crippen LogP contribution in [0.2, 0.25) is 0 Å². The van der Waals surface area contributed by atoms with Gasteiger partial charge in [-0.25, -0.2) is 4.98 Å². The molecule has 0 N–H and O–H groups in total. The highest BCUT2D eigenvalue weighted by Crippen LogP contribution is 2.30. The molecule has 0 fully saturated rings. The van der Waals surface area contributed by atoms with Gasteiger partial charge in [-0.3, -0.25) is 4.79 Å². The fraction of sp³-hybridized carbons (Fsp3) is 0.333. The number of carbonyl (C=O) groups excluding carboxylic acids is 1. The lowest BCUT2D eigenvalue weighted by atomic mass is 10.2. The lowest BCUT2D eigenvalue weighted by Crippen LogP contribution is -2.11. The van der Waals surface area contributed by atoms with Crippen molar-refractivity contribution >= 4 is 17.0 Å². The maximum atomic E-state index is 12.6. The van der Waals surface area contributed by atoms with Gasteiger partial charge in [-0.1, -0.05) is 0 Å². The summed E-state index contributed by atoms with van der Waals surface area (Å²) in [5, 5.41) is 7.41.